The molecule has 0 aliphatic heterocycles. The number of rotatable bonds is 5. The maximum Gasteiger partial charge on any atom is 0.302 e. The molecule has 0 heterocycles. The summed E-state index contributed by atoms with van der Waals surface area (Å²) in [4.78, 5) is 22.1. The quantitative estimate of drug-likeness (QED) is 0.530. The van der Waals surface area contributed by atoms with Gasteiger partial charge in [-0.1, -0.05) is 18.9 Å². The minimum atomic E-state index is -0.318. The molecule has 1 aliphatic carbocycles. The minimum absolute atomic E-state index is 0.0678. The zero-order valence-electron chi connectivity index (χ0n) is 9.91. The number of hydrogen-bond donors (Lipinski definition) is 0. The number of allylic oxidation sites excluding steroid dienone is 3. The Morgan fingerprint density at radius 1 is 1.56 bits per heavy atom. The Morgan fingerprint density at radius 3 is 2.94 bits per heavy atom. The van der Waals surface area contributed by atoms with Crippen molar-refractivity contribution in [3.8, 4) is 0 Å². The van der Waals surface area contributed by atoms with Gasteiger partial charge < -0.3 is 4.74 Å². The van der Waals surface area contributed by atoms with E-state index in [1.54, 1.807) is 12.2 Å². The molecule has 0 aromatic heterocycles. The number of unbranched alkanes of at least 4 members (excludes halogenated alkanes) is 1. The van der Waals surface area contributed by atoms with Crippen molar-refractivity contribution in [2.45, 2.75) is 39.5 Å². The Bertz CT molecular complexity index is 337. The molecule has 0 bridgehead atoms. The van der Waals surface area contributed by atoms with Crippen molar-refractivity contribution in [1.82, 2.24) is 0 Å². The molecule has 0 N–H and O–H groups in total. The summed E-state index contributed by atoms with van der Waals surface area (Å²) in [5.41, 5.74) is 1.95. The fraction of sp³-hybridized carbons (Fsp3) is 0.538. The van der Waals surface area contributed by atoms with Gasteiger partial charge in [0.2, 0.25) is 0 Å². The van der Waals surface area contributed by atoms with Gasteiger partial charge in [-0.25, -0.2) is 0 Å². The van der Waals surface area contributed by atoms with Crippen LogP contribution in [0.15, 0.2) is 23.3 Å². The van der Waals surface area contributed by atoms with Crippen molar-refractivity contribution >= 4 is 11.8 Å². The molecule has 16 heavy (non-hydrogen) atoms. The molecule has 1 rings (SSSR count). The Hall–Kier alpha value is -1.38. The molecule has 1 aliphatic rings. The normalized spacial score (nSPS) is 17.8. The zero-order chi connectivity index (χ0) is 12.0. The van der Waals surface area contributed by atoms with Gasteiger partial charge in [0.15, 0.2) is 5.78 Å². The first-order valence-corrected chi connectivity index (χ1v) is 5.69. The average Bonchev–Trinajstić information content (AvgIpc) is 2.56. The maximum atomic E-state index is 11.5. The highest BCUT2D eigenvalue weighted by molar-refractivity contribution is 6.07. The van der Waals surface area contributed by atoms with Crippen LogP contribution in [0.25, 0.3) is 0 Å². The van der Waals surface area contributed by atoms with Crippen LogP contribution in [0.5, 0.6) is 0 Å². The predicted molar refractivity (Wildman–Crippen MR) is 61.9 cm³/mol. The molecule has 0 fully saturated rings. The molecule has 0 aromatic carbocycles. The van der Waals surface area contributed by atoms with E-state index in [-0.39, 0.29) is 18.4 Å². The van der Waals surface area contributed by atoms with Crippen molar-refractivity contribution < 1.29 is 14.3 Å². The van der Waals surface area contributed by atoms with E-state index in [1.807, 2.05) is 0 Å². The van der Waals surface area contributed by atoms with E-state index in [0.717, 1.165) is 31.3 Å². The second kappa shape index (κ2) is 6.26. The highest BCUT2D eigenvalue weighted by Crippen LogP contribution is 2.25. The van der Waals surface area contributed by atoms with Gasteiger partial charge in [0.05, 0.1) is 0 Å². The van der Waals surface area contributed by atoms with Gasteiger partial charge >= 0.3 is 5.97 Å². The first-order chi connectivity index (χ1) is 7.63. The number of ketones is 1. The molecule has 88 valence electrons. The Balaban J connectivity index is 2.43. The summed E-state index contributed by atoms with van der Waals surface area (Å²) >= 11 is 0. The molecular weight excluding hydrogens is 204 g/mol. The summed E-state index contributed by atoms with van der Waals surface area (Å²) in [5, 5.41) is 0. The van der Waals surface area contributed by atoms with Gasteiger partial charge in [0.25, 0.3) is 0 Å². The van der Waals surface area contributed by atoms with Crippen molar-refractivity contribution in [2.24, 2.45) is 0 Å². The predicted octanol–water partition coefficient (Wildman–Crippen LogP) is 2.57. The van der Waals surface area contributed by atoms with Crippen molar-refractivity contribution in [2.75, 3.05) is 6.61 Å². The van der Waals surface area contributed by atoms with Crippen LogP contribution in [-0.4, -0.2) is 18.4 Å². The second-order valence-electron chi connectivity index (χ2n) is 3.98. The van der Waals surface area contributed by atoms with E-state index >= 15 is 0 Å². The Morgan fingerprint density at radius 2 is 2.31 bits per heavy atom. The summed E-state index contributed by atoms with van der Waals surface area (Å²) < 4.78 is 4.78. The lowest BCUT2D eigenvalue weighted by Crippen LogP contribution is -2.00. The molecule has 0 aromatic rings. The van der Waals surface area contributed by atoms with Crippen LogP contribution in [0.3, 0.4) is 0 Å². The highest BCUT2D eigenvalue weighted by atomic mass is 16.5. The van der Waals surface area contributed by atoms with Crippen LogP contribution in [0.2, 0.25) is 0 Å². The van der Waals surface area contributed by atoms with Gasteiger partial charge in [-0.2, -0.15) is 0 Å². The average molecular weight is 222 g/mol. The molecule has 0 saturated heterocycles. The summed E-state index contributed by atoms with van der Waals surface area (Å²) in [6.45, 7) is 3.69. The number of esters is 1. The standard InChI is InChI=1S/C13H18O3/c1-3-4-5-11-8-12(13(15)9-11)6-7-16-10(2)14/h6,9H,3-5,7-8H2,1-2H3/b12-6-. The molecule has 3 nitrogen and oxygen atoms in total. The monoisotopic (exact) mass is 222 g/mol. The van der Waals surface area contributed by atoms with Crippen LogP contribution >= 0.6 is 0 Å². The first-order valence-electron chi connectivity index (χ1n) is 5.69. The molecule has 0 spiro atoms. The van der Waals surface area contributed by atoms with Gasteiger partial charge in [0.1, 0.15) is 6.61 Å². The summed E-state index contributed by atoms with van der Waals surface area (Å²) in [7, 11) is 0. The fourth-order valence-corrected chi connectivity index (χ4v) is 1.66. The fourth-order valence-electron chi connectivity index (χ4n) is 1.66. The molecule has 0 atom stereocenters. The molecular formula is C13H18O3. The van der Waals surface area contributed by atoms with Crippen LogP contribution in [0.1, 0.15) is 39.5 Å². The summed E-state index contributed by atoms with van der Waals surface area (Å²) in [6.07, 6.45) is 7.40. The number of carbonyl (C=O) groups excluding carboxylic acids is 2. The number of carbonyl (C=O) groups is 2. The van der Waals surface area contributed by atoms with Gasteiger partial charge in [-0.3, -0.25) is 9.59 Å². The number of ether oxygens (including phenoxy) is 1. The van der Waals surface area contributed by atoms with E-state index < -0.39 is 0 Å². The Labute approximate surface area is 96.2 Å². The van der Waals surface area contributed by atoms with Crippen LogP contribution in [-0.2, 0) is 14.3 Å². The SMILES string of the molecule is CCCCC1=CC(=O)/C(=C\COC(C)=O)C1. The smallest absolute Gasteiger partial charge is 0.302 e. The topological polar surface area (TPSA) is 43.4 Å². The van der Waals surface area contributed by atoms with Crippen molar-refractivity contribution in [1.29, 1.82) is 0 Å². The van der Waals surface area contributed by atoms with E-state index in [4.69, 9.17) is 4.74 Å². The molecule has 0 radical (unpaired) electrons. The third-order valence-electron chi connectivity index (χ3n) is 2.54. The van der Waals surface area contributed by atoms with Gasteiger partial charge in [0, 0.05) is 12.5 Å². The lowest BCUT2D eigenvalue weighted by atomic mass is 10.1. The molecule has 3 heteroatoms. The number of hydrogen-bond acceptors (Lipinski definition) is 3. The largest absolute Gasteiger partial charge is 0.462 e. The minimum Gasteiger partial charge on any atom is -0.462 e. The lowest BCUT2D eigenvalue weighted by Gasteiger charge is -2.00. The van der Waals surface area contributed by atoms with E-state index in [0.29, 0.717) is 0 Å². The lowest BCUT2D eigenvalue weighted by molar-refractivity contribution is -0.139. The van der Waals surface area contributed by atoms with Gasteiger partial charge in [-0.05, 0) is 31.4 Å². The Kier molecular flexibility index (Phi) is 4.96. The second-order valence-corrected chi connectivity index (χ2v) is 3.98. The summed E-state index contributed by atoms with van der Waals surface area (Å²) in [6, 6.07) is 0. The van der Waals surface area contributed by atoms with Gasteiger partial charge in [-0.15, -0.1) is 0 Å². The maximum absolute atomic E-state index is 11.5. The van der Waals surface area contributed by atoms with E-state index in [2.05, 4.69) is 6.92 Å². The third kappa shape index (κ3) is 4.01. The van der Waals surface area contributed by atoms with E-state index in [9.17, 15) is 9.59 Å². The zero-order valence-corrected chi connectivity index (χ0v) is 9.91. The van der Waals surface area contributed by atoms with E-state index in [1.165, 1.54) is 12.5 Å². The van der Waals surface area contributed by atoms with Crippen LogP contribution in [0.4, 0.5) is 0 Å². The van der Waals surface area contributed by atoms with Crippen molar-refractivity contribution in [3.63, 3.8) is 0 Å². The van der Waals surface area contributed by atoms with Crippen LogP contribution in [0, 0.1) is 0 Å². The third-order valence-corrected chi connectivity index (χ3v) is 2.54. The van der Waals surface area contributed by atoms with Crippen molar-refractivity contribution in [3.05, 3.63) is 23.3 Å². The highest BCUT2D eigenvalue weighted by Gasteiger charge is 2.17. The first kappa shape index (κ1) is 12.7. The molecule has 0 amide bonds. The molecule has 0 unspecified atom stereocenters. The molecule has 0 saturated carbocycles. The van der Waals surface area contributed by atoms with Crippen LogP contribution < -0.4 is 0 Å². The summed E-state index contributed by atoms with van der Waals surface area (Å²) in [5.74, 6) is -0.250.